The van der Waals surface area contributed by atoms with Gasteiger partial charge in [-0.3, -0.25) is 19.7 Å². The molecule has 0 spiro atoms. The summed E-state index contributed by atoms with van der Waals surface area (Å²) < 4.78 is 21.6. The first kappa shape index (κ1) is 27.1. The van der Waals surface area contributed by atoms with E-state index in [0.29, 0.717) is 18.0 Å². The highest BCUT2D eigenvalue weighted by atomic mass is 32.2. The minimum Gasteiger partial charge on any atom is -0.494 e. The second kappa shape index (κ2) is 14.2. The number of carbonyl (C=O) groups is 1. The number of hydrogen-bond donors (Lipinski definition) is 5. The van der Waals surface area contributed by atoms with Gasteiger partial charge in [0, 0.05) is 24.6 Å². The van der Waals surface area contributed by atoms with Gasteiger partial charge in [0.25, 0.3) is 5.91 Å². The van der Waals surface area contributed by atoms with E-state index < -0.39 is 5.91 Å². The Morgan fingerprint density at radius 3 is 2.76 bits per heavy atom. The fraction of sp³-hybridized carbons (Fsp3) is 0.182. The number of aromatic nitrogens is 1. The molecule has 34 heavy (non-hydrogen) atoms. The largest absolute Gasteiger partial charge is 0.494 e. The molecule has 1 aromatic carbocycles. The van der Waals surface area contributed by atoms with E-state index in [-0.39, 0.29) is 12.4 Å². The van der Waals surface area contributed by atoms with Crippen LogP contribution in [0.25, 0.3) is 10.6 Å². The molecule has 0 fully saturated rings. The standard InChI is InChI=1S/C14H18N6O2S2.C8H9FO/c15-10(8-20(16)9-13(21)19-22)7-18-24-14-5-4-12(23-14)11-3-1-2-6-17-11;1-6-3-4-8(10-2)7(9)5-6/h1-6,8,18,22H,7,9,15-16H2,(H,19,21);3-5H,1-2H3/b10-8-;. The molecule has 3 rings (SSSR count). The van der Waals surface area contributed by atoms with E-state index in [1.807, 2.05) is 43.3 Å². The normalized spacial score (nSPS) is 10.8. The molecule has 7 N–H and O–H groups in total. The third kappa shape index (κ3) is 9.37. The maximum absolute atomic E-state index is 12.7. The zero-order valence-corrected chi connectivity index (χ0v) is 20.3. The quantitative estimate of drug-likeness (QED) is 0.128. The molecule has 2 aromatic heterocycles. The first-order chi connectivity index (χ1) is 16.3. The molecule has 9 nitrogen and oxygen atoms in total. The van der Waals surface area contributed by atoms with Crippen molar-refractivity contribution in [3.63, 3.8) is 0 Å². The number of hydrogen-bond acceptors (Lipinski definition) is 10. The highest BCUT2D eigenvalue weighted by Gasteiger charge is 2.06. The van der Waals surface area contributed by atoms with E-state index in [0.717, 1.165) is 25.4 Å². The van der Waals surface area contributed by atoms with Gasteiger partial charge in [0.1, 0.15) is 6.54 Å². The number of nitrogens with zero attached hydrogens (tertiary/aromatic N) is 2. The minimum absolute atomic E-state index is 0.192. The fourth-order valence-electron chi connectivity index (χ4n) is 2.49. The van der Waals surface area contributed by atoms with E-state index in [1.54, 1.807) is 23.6 Å². The number of halogens is 1. The van der Waals surface area contributed by atoms with Crippen LogP contribution < -0.4 is 26.5 Å². The van der Waals surface area contributed by atoms with Gasteiger partial charge < -0.3 is 15.5 Å². The van der Waals surface area contributed by atoms with Gasteiger partial charge in [-0.15, -0.1) is 11.3 Å². The van der Waals surface area contributed by atoms with E-state index in [9.17, 15) is 9.18 Å². The van der Waals surface area contributed by atoms with Crippen LogP contribution in [0.2, 0.25) is 0 Å². The van der Waals surface area contributed by atoms with Crippen molar-refractivity contribution >= 4 is 29.2 Å². The summed E-state index contributed by atoms with van der Waals surface area (Å²) in [5, 5.41) is 9.51. The summed E-state index contributed by atoms with van der Waals surface area (Å²) >= 11 is 3.08. The van der Waals surface area contributed by atoms with Crippen LogP contribution in [0.3, 0.4) is 0 Å². The zero-order chi connectivity index (χ0) is 24.9. The number of hydrazine groups is 1. The van der Waals surface area contributed by atoms with Crippen LogP contribution in [0.5, 0.6) is 5.75 Å². The summed E-state index contributed by atoms with van der Waals surface area (Å²) in [5.41, 5.74) is 9.61. The summed E-state index contributed by atoms with van der Waals surface area (Å²) in [6, 6.07) is 14.7. The van der Waals surface area contributed by atoms with Crippen LogP contribution in [0.15, 0.2) is 70.8 Å². The molecule has 0 atom stereocenters. The van der Waals surface area contributed by atoms with Crippen molar-refractivity contribution in [3.05, 3.63) is 78.0 Å². The topological polar surface area (TPSA) is 139 Å². The van der Waals surface area contributed by atoms with Crippen molar-refractivity contribution in [1.29, 1.82) is 0 Å². The van der Waals surface area contributed by atoms with Crippen LogP contribution in [-0.2, 0) is 4.79 Å². The number of pyridine rings is 1. The second-order valence-corrected chi connectivity index (χ2v) is 9.08. The molecular formula is C22H27FN6O3S2. The number of ether oxygens (including phenoxy) is 1. The van der Waals surface area contributed by atoms with Gasteiger partial charge in [-0.05, 0) is 60.8 Å². The van der Waals surface area contributed by atoms with Crippen LogP contribution in [0.4, 0.5) is 4.39 Å². The minimum atomic E-state index is -0.621. The lowest BCUT2D eigenvalue weighted by atomic mass is 10.2. The van der Waals surface area contributed by atoms with Crippen LogP contribution in [0, 0.1) is 12.7 Å². The van der Waals surface area contributed by atoms with Crippen LogP contribution >= 0.6 is 23.3 Å². The Kier molecular flexibility index (Phi) is 11.3. The molecule has 0 radical (unpaired) electrons. The first-order valence-corrected chi connectivity index (χ1v) is 11.6. The average molecular weight is 507 g/mol. The van der Waals surface area contributed by atoms with Crippen molar-refractivity contribution in [3.8, 4) is 16.3 Å². The van der Waals surface area contributed by atoms with Gasteiger partial charge in [0.05, 0.1) is 21.9 Å². The van der Waals surface area contributed by atoms with Gasteiger partial charge >= 0.3 is 0 Å². The summed E-state index contributed by atoms with van der Waals surface area (Å²) in [4.78, 5) is 16.4. The Bertz CT molecular complexity index is 1080. The number of carbonyl (C=O) groups excluding carboxylic acids is 1. The first-order valence-electron chi connectivity index (χ1n) is 9.94. The van der Waals surface area contributed by atoms with E-state index in [2.05, 4.69) is 9.71 Å². The number of benzene rings is 1. The maximum Gasteiger partial charge on any atom is 0.264 e. The molecule has 0 saturated heterocycles. The third-order valence-corrected chi connectivity index (χ3v) is 6.07. The van der Waals surface area contributed by atoms with E-state index in [1.165, 1.54) is 36.8 Å². The molecule has 12 heteroatoms. The molecule has 3 aromatic rings. The van der Waals surface area contributed by atoms with Gasteiger partial charge in [-0.1, -0.05) is 12.1 Å². The predicted octanol–water partition coefficient (Wildman–Crippen LogP) is 3.03. The Morgan fingerprint density at radius 1 is 1.32 bits per heavy atom. The lowest BCUT2D eigenvalue weighted by Gasteiger charge is -2.13. The van der Waals surface area contributed by atoms with Gasteiger partial charge in [0.2, 0.25) is 0 Å². The maximum atomic E-state index is 12.7. The average Bonchev–Trinajstić information content (AvgIpc) is 3.29. The number of nitrogens with one attached hydrogen (secondary N) is 2. The molecule has 0 aliphatic heterocycles. The van der Waals surface area contributed by atoms with Gasteiger partial charge in [-0.2, -0.15) is 0 Å². The Labute approximate surface area is 205 Å². The van der Waals surface area contributed by atoms with Crippen molar-refractivity contribution < 1.29 is 19.1 Å². The zero-order valence-electron chi connectivity index (χ0n) is 18.7. The molecule has 0 aliphatic carbocycles. The number of thiophene rings is 1. The summed E-state index contributed by atoms with van der Waals surface area (Å²) in [6.45, 7) is 2.03. The molecule has 1 amide bonds. The van der Waals surface area contributed by atoms with Gasteiger partial charge in [-0.25, -0.2) is 15.7 Å². The lowest BCUT2D eigenvalue weighted by Crippen LogP contribution is -2.37. The Balaban J connectivity index is 0.000000340. The predicted molar refractivity (Wildman–Crippen MR) is 132 cm³/mol. The molecule has 0 aliphatic rings. The molecule has 0 bridgehead atoms. The number of hydroxylamine groups is 1. The summed E-state index contributed by atoms with van der Waals surface area (Å²) in [5.74, 6) is 4.94. The SMILES string of the molecule is COc1ccc(C)cc1F.N/C(=C\N(N)CC(=O)NO)CNSc1ccc(-c2ccccn2)s1. The smallest absolute Gasteiger partial charge is 0.264 e. The summed E-state index contributed by atoms with van der Waals surface area (Å²) in [6.07, 6.45) is 3.19. The van der Waals surface area contributed by atoms with E-state index in [4.69, 9.17) is 21.5 Å². The molecule has 182 valence electrons. The second-order valence-electron chi connectivity index (χ2n) is 6.81. The molecule has 0 unspecified atom stereocenters. The van der Waals surface area contributed by atoms with Crippen LogP contribution in [-0.4, -0.2) is 41.3 Å². The van der Waals surface area contributed by atoms with Gasteiger partial charge in [0.15, 0.2) is 11.6 Å². The molecule has 2 heterocycles. The summed E-state index contributed by atoms with van der Waals surface area (Å²) in [7, 11) is 1.45. The number of nitrogens with two attached hydrogens (primary N) is 2. The monoisotopic (exact) mass is 506 g/mol. The van der Waals surface area contributed by atoms with Crippen molar-refractivity contribution in [2.45, 2.75) is 11.1 Å². The Morgan fingerprint density at radius 2 is 2.12 bits per heavy atom. The van der Waals surface area contributed by atoms with E-state index >= 15 is 0 Å². The highest BCUT2D eigenvalue weighted by molar-refractivity contribution is 7.99. The van der Waals surface area contributed by atoms with Crippen LogP contribution in [0.1, 0.15) is 5.56 Å². The van der Waals surface area contributed by atoms with Crippen molar-refractivity contribution in [1.82, 2.24) is 20.2 Å². The lowest BCUT2D eigenvalue weighted by molar-refractivity contribution is -0.129. The van der Waals surface area contributed by atoms with Crippen molar-refractivity contribution in [2.75, 3.05) is 20.2 Å². The molecule has 0 saturated carbocycles. The molecular weight excluding hydrogens is 479 g/mol. The third-order valence-electron chi connectivity index (χ3n) is 4.04. The highest BCUT2D eigenvalue weighted by Crippen LogP contribution is 2.31. The Hall–Kier alpha value is -3.16. The van der Waals surface area contributed by atoms with Crippen molar-refractivity contribution in [2.24, 2.45) is 11.6 Å². The number of methoxy groups -OCH3 is 1. The fourth-order valence-corrected chi connectivity index (χ4v) is 4.33. The number of rotatable bonds is 9. The number of amides is 1. The number of aryl methyl sites for hydroxylation is 1.